The van der Waals surface area contributed by atoms with Crippen LogP contribution in [0, 0.1) is 0 Å². The molecule has 0 unspecified atom stereocenters. The minimum atomic E-state index is 0.602. The molecule has 0 bridgehead atoms. The molecule has 0 fully saturated rings. The molecule has 14 heavy (non-hydrogen) atoms. The maximum atomic E-state index is 6.08. The first-order valence-electron chi connectivity index (χ1n) is 4.07. The number of hydrogen-bond donors (Lipinski definition) is 0. The molecule has 0 N–H and O–H groups in total. The molecule has 0 aliphatic carbocycles. The van der Waals surface area contributed by atoms with Crippen LogP contribution in [0.2, 0.25) is 10.0 Å². The van der Waals surface area contributed by atoms with E-state index in [9.17, 15) is 0 Å². The summed E-state index contributed by atoms with van der Waals surface area (Å²) in [6.45, 7) is 0.609. The number of benzene rings is 1. The molecule has 0 aliphatic heterocycles. The molecular weight excluding hydrogens is 239 g/mol. The molecule has 1 nitrogen and oxygen atoms in total. The van der Waals surface area contributed by atoms with E-state index >= 15 is 0 Å². The van der Waals surface area contributed by atoms with Gasteiger partial charge in [0.15, 0.2) is 0 Å². The average molecular weight is 247 g/mol. The smallest absolute Gasteiger partial charge is 0.0770 e. The van der Waals surface area contributed by atoms with Crippen molar-refractivity contribution in [1.82, 2.24) is 0 Å². The second kappa shape index (κ2) is 4.07. The molecule has 1 aromatic heterocycles. The number of halogens is 2. The average Bonchev–Trinajstić information content (AvgIpc) is 2.57. The third-order valence-electron chi connectivity index (χ3n) is 2.01. The molecular formula is C10H8Cl2OS. The summed E-state index contributed by atoms with van der Waals surface area (Å²) in [6.07, 6.45) is 0. The third kappa shape index (κ3) is 1.63. The van der Waals surface area contributed by atoms with Gasteiger partial charge in [-0.3, -0.25) is 0 Å². The third-order valence-corrected chi connectivity index (χ3v) is 3.99. The SMILES string of the molecule is COCc1csc2c(Cl)c(Cl)ccc12. The Bertz CT molecular complexity index is 464. The van der Waals surface area contributed by atoms with Gasteiger partial charge in [0.25, 0.3) is 0 Å². The molecule has 1 heterocycles. The molecule has 0 atom stereocenters. The summed E-state index contributed by atoms with van der Waals surface area (Å²) < 4.78 is 6.13. The summed E-state index contributed by atoms with van der Waals surface area (Å²) in [5.41, 5.74) is 1.16. The largest absolute Gasteiger partial charge is 0.380 e. The highest BCUT2D eigenvalue weighted by atomic mass is 35.5. The zero-order chi connectivity index (χ0) is 10.1. The van der Waals surface area contributed by atoms with Gasteiger partial charge in [0.05, 0.1) is 21.4 Å². The molecule has 74 valence electrons. The number of hydrogen-bond acceptors (Lipinski definition) is 2. The van der Waals surface area contributed by atoms with Gasteiger partial charge in [-0.25, -0.2) is 0 Å². The van der Waals surface area contributed by atoms with E-state index in [0.29, 0.717) is 16.7 Å². The van der Waals surface area contributed by atoms with E-state index in [1.807, 2.05) is 12.1 Å². The lowest BCUT2D eigenvalue weighted by Gasteiger charge is -1.99. The van der Waals surface area contributed by atoms with Crippen LogP contribution in [-0.4, -0.2) is 7.11 Å². The Morgan fingerprint density at radius 1 is 1.36 bits per heavy atom. The second-order valence-electron chi connectivity index (χ2n) is 2.93. The van der Waals surface area contributed by atoms with Crippen molar-refractivity contribution in [2.24, 2.45) is 0 Å². The lowest BCUT2D eigenvalue weighted by molar-refractivity contribution is 0.186. The minimum Gasteiger partial charge on any atom is -0.380 e. The van der Waals surface area contributed by atoms with Gasteiger partial charge in [0, 0.05) is 7.11 Å². The lowest BCUT2D eigenvalue weighted by Crippen LogP contribution is -1.84. The van der Waals surface area contributed by atoms with E-state index in [0.717, 1.165) is 15.6 Å². The van der Waals surface area contributed by atoms with Crippen molar-refractivity contribution in [2.45, 2.75) is 6.61 Å². The molecule has 4 heteroatoms. The summed E-state index contributed by atoms with van der Waals surface area (Å²) in [5, 5.41) is 4.42. The van der Waals surface area contributed by atoms with E-state index in [-0.39, 0.29) is 0 Å². The molecule has 2 rings (SSSR count). The molecule has 0 radical (unpaired) electrons. The van der Waals surface area contributed by atoms with Crippen molar-refractivity contribution in [1.29, 1.82) is 0 Å². The highest BCUT2D eigenvalue weighted by Gasteiger charge is 2.09. The number of rotatable bonds is 2. The van der Waals surface area contributed by atoms with Gasteiger partial charge in [0.2, 0.25) is 0 Å². The number of ether oxygens (including phenoxy) is 1. The lowest BCUT2D eigenvalue weighted by atomic mass is 10.2. The van der Waals surface area contributed by atoms with Crippen molar-refractivity contribution in [3.8, 4) is 0 Å². The van der Waals surface area contributed by atoms with Crippen LogP contribution in [0.15, 0.2) is 17.5 Å². The summed E-state index contributed by atoms with van der Waals surface area (Å²) in [5.74, 6) is 0. The Balaban J connectivity index is 2.64. The summed E-state index contributed by atoms with van der Waals surface area (Å²) in [4.78, 5) is 0. The van der Waals surface area contributed by atoms with Crippen molar-refractivity contribution < 1.29 is 4.74 Å². The zero-order valence-electron chi connectivity index (χ0n) is 7.51. The molecule has 0 saturated carbocycles. The Labute approximate surface area is 96.2 Å². The van der Waals surface area contributed by atoms with Crippen LogP contribution in [0.3, 0.4) is 0 Å². The normalized spacial score (nSPS) is 11.1. The van der Waals surface area contributed by atoms with Crippen LogP contribution in [0.25, 0.3) is 10.1 Å². The Morgan fingerprint density at radius 2 is 2.14 bits per heavy atom. The summed E-state index contributed by atoms with van der Waals surface area (Å²) >= 11 is 13.6. The predicted octanol–water partition coefficient (Wildman–Crippen LogP) is 4.35. The monoisotopic (exact) mass is 246 g/mol. The first kappa shape index (κ1) is 10.2. The van der Waals surface area contributed by atoms with E-state index in [2.05, 4.69) is 5.38 Å². The van der Waals surface area contributed by atoms with Crippen LogP contribution in [0.1, 0.15) is 5.56 Å². The van der Waals surface area contributed by atoms with Crippen LogP contribution in [0.4, 0.5) is 0 Å². The van der Waals surface area contributed by atoms with Gasteiger partial charge in [-0.05, 0) is 22.4 Å². The molecule has 2 aromatic rings. The van der Waals surface area contributed by atoms with E-state index in [1.54, 1.807) is 18.4 Å². The van der Waals surface area contributed by atoms with Crippen LogP contribution < -0.4 is 0 Å². The van der Waals surface area contributed by atoms with E-state index < -0.39 is 0 Å². The minimum absolute atomic E-state index is 0.602. The number of fused-ring (bicyclic) bond motifs is 1. The topological polar surface area (TPSA) is 9.23 Å². The van der Waals surface area contributed by atoms with Crippen molar-refractivity contribution >= 4 is 44.6 Å². The Morgan fingerprint density at radius 3 is 2.86 bits per heavy atom. The quantitative estimate of drug-likeness (QED) is 0.766. The zero-order valence-corrected chi connectivity index (χ0v) is 9.84. The van der Waals surface area contributed by atoms with Gasteiger partial charge in [-0.1, -0.05) is 29.3 Å². The van der Waals surface area contributed by atoms with Crippen LogP contribution in [-0.2, 0) is 11.3 Å². The fourth-order valence-corrected chi connectivity index (χ4v) is 2.87. The Kier molecular flexibility index (Phi) is 2.98. The fraction of sp³-hybridized carbons (Fsp3) is 0.200. The van der Waals surface area contributed by atoms with E-state index in [4.69, 9.17) is 27.9 Å². The van der Waals surface area contributed by atoms with Gasteiger partial charge < -0.3 is 4.74 Å². The first-order valence-corrected chi connectivity index (χ1v) is 5.70. The summed E-state index contributed by atoms with van der Waals surface area (Å²) in [6, 6.07) is 3.80. The molecule has 1 aromatic carbocycles. The molecule has 0 amide bonds. The van der Waals surface area contributed by atoms with Crippen molar-refractivity contribution in [3.05, 3.63) is 33.1 Å². The molecule has 0 saturated heterocycles. The fourth-order valence-electron chi connectivity index (χ4n) is 1.36. The van der Waals surface area contributed by atoms with Crippen LogP contribution >= 0.6 is 34.5 Å². The number of methoxy groups -OCH3 is 1. The van der Waals surface area contributed by atoms with Crippen LogP contribution in [0.5, 0.6) is 0 Å². The van der Waals surface area contributed by atoms with Gasteiger partial charge in [-0.15, -0.1) is 11.3 Å². The molecule has 0 spiro atoms. The van der Waals surface area contributed by atoms with Gasteiger partial charge in [0.1, 0.15) is 0 Å². The van der Waals surface area contributed by atoms with Crippen molar-refractivity contribution in [2.75, 3.05) is 7.11 Å². The van der Waals surface area contributed by atoms with Gasteiger partial charge >= 0.3 is 0 Å². The first-order chi connectivity index (χ1) is 6.74. The second-order valence-corrected chi connectivity index (χ2v) is 4.60. The highest BCUT2D eigenvalue weighted by molar-refractivity contribution is 7.18. The number of thiophene rings is 1. The Hall–Kier alpha value is -0.280. The maximum Gasteiger partial charge on any atom is 0.0770 e. The van der Waals surface area contributed by atoms with E-state index in [1.165, 1.54) is 0 Å². The summed E-state index contributed by atoms with van der Waals surface area (Å²) in [7, 11) is 1.68. The van der Waals surface area contributed by atoms with Gasteiger partial charge in [-0.2, -0.15) is 0 Å². The molecule has 0 aliphatic rings. The maximum absolute atomic E-state index is 6.08. The van der Waals surface area contributed by atoms with Crippen molar-refractivity contribution in [3.63, 3.8) is 0 Å². The predicted molar refractivity (Wildman–Crippen MR) is 62.6 cm³/mol. The standard InChI is InChI=1S/C10H8Cl2OS/c1-13-4-6-5-14-10-7(6)2-3-8(11)9(10)12/h2-3,5H,4H2,1H3. The highest BCUT2D eigenvalue weighted by Crippen LogP contribution is 2.36.